The number of carbonyl (C=O) groups excluding carboxylic acids is 1. The third-order valence-electron chi connectivity index (χ3n) is 2.35. The first-order chi connectivity index (χ1) is 8.81. The summed E-state index contributed by atoms with van der Waals surface area (Å²) in [4.78, 5) is 11.3. The molecule has 0 saturated carbocycles. The van der Waals surface area contributed by atoms with Gasteiger partial charge in [-0.3, -0.25) is 4.79 Å². The van der Waals surface area contributed by atoms with Crippen molar-refractivity contribution >= 4 is 5.97 Å². The fourth-order valence-corrected chi connectivity index (χ4v) is 1.49. The van der Waals surface area contributed by atoms with Crippen LogP contribution in [-0.2, 0) is 16.1 Å². The van der Waals surface area contributed by atoms with Crippen LogP contribution in [-0.4, -0.2) is 26.2 Å². The number of ether oxygens (including phenoxy) is 1. The summed E-state index contributed by atoms with van der Waals surface area (Å²) < 4.78 is 6.64. The number of para-hydroxylation sites is 1. The molecular weight excluding hydrogens is 232 g/mol. The summed E-state index contributed by atoms with van der Waals surface area (Å²) in [5.41, 5.74) is 0.837. The predicted molar refractivity (Wildman–Crippen MR) is 63.9 cm³/mol. The van der Waals surface area contributed by atoms with Crippen molar-refractivity contribution in [1.82, 2.24) is 20.2 Å². The van der Waals surface area contributed by atoms with Gasteiger partial charge in [-0.15, -0.1) is 5.10 Å². The highest BCUT2D eigenvalue weighted by atomic mass is 16.5. The summed E-state index contributed by atoms with van der Waals surface area (Å²) in [6, 6.07) is 9.46. The van der Waals surface area contributed by atoms with Gasteiger partial charge >= 0.3 is 5.97 Å². The van der Waals surface area contributed by atoms with E-state index >= 15 is 0 Å². The predicted octanol–water partition coefficient (Wildman–Crippen LogP) is 1.51. The maximum atomic E-state index is 11.3. The van der Waals surface area contributed by atoms with Crippen molar-refractivity contribution in [1.29, 1.82) is 0 Å². The van der Waals surface area contributed by atoms with Crippen molar-refractivity contribution < 1.29 is 9.53 Å². The van der Waals surface area contributed by atoms with E-state index in [-0.39, 0.29) is 12.6 Å². The van der Waals surface area contributed by atoms with E-state index in [1.165, 1.54) is 0 Å². The molecule has 0 atom stereocenters. The molecule has 0 fully saturated rings. The quantitative estimate of drug-likeness (QED) is 0.748. The van der Waals surface area contributed by atoms with E-state index in [9.17, 15) is 4.79 Å². The molecule has 0 radical (unpaired) electrons. The van der Waals surface area contributed by atoms with Gasteiger partial charge in [0, 0.05) is 6.42 Å². The van der Waals surface area contributed by atoms with Crippen molar-refractivity contribution in [3.05, 3.63) is 36.2 Å². The smallest absolute Gasteiger partial charge is 0.306 e. The number of rotatable bonds is 5. The van der Waals surface area contributed by atoms with E-state index < -0.39 is 0 Å². The third-order valence-corrected chi connectivity index (χ3v) is 2.35. The zero-order valence-corrected chi connectivity index (χ0v) is 10.1. The van der Waals surface area contributed by atoms with Gasteiger partial charge in [0.25, 0.3) is 0 Å². The fourth-order valence-electron chi connectivity index (χ4n) is 1.49. The number of nitrogens with zero attached hydrogens (tertiary/aromatic N) is 4. The molecule has 0 N–H and O–H groups in total. The standard InChI is InChI=1S/C12H14N4O2/c1-2-6-12(17)18-9-11-13-14-15-16(11)10-7-4-3-5-8-10/h3-5,7-8H,2,6,9H2,1H3. The molecule has 6 heteroatoms. The molecule has 1 heterocycles. The highest BCUT2D eigenvalue weighted by molar-refractivity contribution is 5.69. The first-order valence-corrected chi connectivity index (χ1v) is 5.79. The van der Waals surface area contributed by atoms with E-state index in [0.717, 1.165) is 12.1 Å². The topological polar surface area (TPSA) is 69.9 Å². The minimum Gasteiger partial charge on any atom is -0.457 e. The van der Waals surface area contributed by atoms with E-state index in [0.29, 0.717) is 12.2 Å². The molecule has 0 saturated heterocycles. The lowest BCUT2D eigenvalue weighted by Gasteiger charge is -2.05. The zero-order valence-electron chi connectivity index (χ0n) is 10.1. The number of hydrogen-bond donors (Lipinski definition) is 0. The summed E-state index contributed by atoms with van der Waals surface area (Å²) in [6.45, 7) is 2.01. The van der Waals surface area contributed by atoms with Gasteiger partial charge in [0.2, 0.25) is 0 Å². The molecule has 0 spiro atoms. The molecule has 0 aliphatic carbocycles. The Balaban J connectivity index is 2.07. The first kappa shape index (κ1) is 12.2. The second-order valence-corrected chi connectivity index (χ2v) is 3.75. The Morgan fingerprint density at radius 3 is 2.83 bits per heavy atom. The van der Waals surface area contributed by atoms with Crippen LogP contribution in [0, 0.1) is 0 Å². The van der Waals surface area contributed by atoms with Crippen LogP contribution in [0.4, 0.5) is 0 Å². The maximum Gasteiger partial charge on any atom is 0.306 e. The van der Waals surface area contributed by atoms with Gasteiger partial charge in [-0.05, 0) is 29.0 Å². The van der Waals surface area contributed by atoms with Gasteiger partial charge < -0.3 is 4.74 Å². The van der Waals surface area contributed by atoms with Gasteiger partial charge in [0.15, 0.2) is 12.4 Å². The van der Waals surface area contributed by atoms with Crippen molar-refractivity contribution in [2.75, 3.05) is 0 Å². The average Bonchev–Trinajstić information content (AvgIpc) is 2.86. The van der Waals surface area contributed by atoms with Crippen LogP contribution in [0.1, 0.15) is 25.6 Å². The molecule has 6 nitrogen and oxygen atoms in total. The lowest BCUT2D eigenvalue weighted by atomic mass is 10.3. The summed E-state index contributed by atoms with van der Waals surface area (Å²) >= 11 is 0. The molecule has 2 aromatic rings. The Hall–Kier alpha value is -2.24. The highest BCUT2D eigenvalue weighted by Gasteiger charge is 2.10. The summed E-state index contributed by atoms with van der Waals surface area (Å²) in [5.74, 6) is 0.269. The molecule has 0 amide bonds. The largest absolute Gasteiger partial charge is 0.457 e. The SMILES string of the molecule is CCCC(=O)OCc1nnnn1-c1ccccc1. The van der Waals surface area contributed by atoms with Crippen LogP contribution in [0.5, 0.6) is 0 Å². The Labute approximate surface area is 105 Å². The fraction of sp³-hybridized carbons (Fsp3) is 0.333. The van der Waals surface area contributed by atoms with E-state index in [1.807, 2.05) is 37.3 Å². The summed E-state index contributed by atoms with van der Waals surface area (Å²) in [7, 11) is 0. The van der Waals surface area contributed by atoms with Crippen LogP contribution >= 0.6 is 0 Å². The van der Waals surface area contributed by atoms with E-state index in [1.54, 1.807) is 4.68 Å². The molecule has 0 aliphatic heterocycles. The summed E-state index contributed by atoms with van der Waals surface area (Å²) in [5, 5.41) is 11.3. The lowest BCUT2D eigenvalue weighted by Crippen LogP contribution is -2.09. The number of esters is 1. The Bertz CT molecular complexity index is 510. The number of hydrogen-bond acceptors (Lipinski definition) is 5. The molecule has 0 bridgehead atoms. The van der Waals surface area contributed by atoms with Gasteiger partial charge in [-0.25, -0.2) is 0 Å². The highest BCUT2D eigenvalue weighted by Crippen LogP contribution is 2.08. The van der Waals surface area contributed by atoms with Crippen LogP contribution in [0.3, 0.4) is 0 Å². The molecule has 18 heavy (non-hydrogen) atoms. The monoisotopic (exact) mass is 246 g/mol. The van der Waals surface area contributed by atoms with E-state index in [2.05, 4.69) is 15.5 Å². The van der Waals surface area contributed by atoms with Crippen molar-refractivity contribution in [2.24, 2.45) is 0 Å². The third kappa shape index (κ3) is 2.91. The minimum absolute atomic E-state index is 0.0841. The minimum atomic E-state index is -0.236. The van der Waals surface area contributed by atoms with Crippen molar-refractivity contribution in [2.45, 2.75) is 26.4 Å². The number of aromatic nitrogens is 4. The normalized spacial score (nSPS) is 10.3. The molecular formula is C12H14N4O2. The molecule has 1 aromatic heterocycles. The van der Waals surface area contributed by atoms with Crippen molar-refractivity contribution in [3.63, 3.8) is 0 Å². The van der Waals surface area contributed by atoms with Gasteiger partial charge in [-0.2, -0.15) is 4.68 Å². The second kappa shape index (κ2) is 5.90. The molecule has 0 unspecified atom stereocenters. The second-order valence-electron chi connectivity index (χ2n) is 3.75. The Kier molecular flexibility index (Phi) is 4.01. The average molecular weight is 246 g/mol. The van der Waals surface area contributed by atoms with Crippen LogP contribution in [0.2, 0.25) is 0 Å². The zero-order chi connectivity index (χ0) is 12.8. The number of carbonyl (C=O) groups is 1. The lowest BCUT2D eigenvalue weighted by molar-refractivity contribution is -0.145. The molecule has 94 valence electrons. The van der Waals surface area contributed by atoms with Crippen LogP contribution < -0.4 is 0 Å². The van der Waals surface area contributed by atoms with Crippen molar-refractivity contribution in [3.8, 4) is 5.69 Å². The summed E-state index contributed by atoms with van der Waals surface area (Å²) in [6.07, 6.45) is 1.18. The van der Waals surface area contributed by atoms with Crippen LogP contribution in [0.15, 0.2) is 30.3 Å². The van der Waals surface area contributed by atoms with Gasteiger partial charge in [0.05, 0.1) is 5.69 Å². The molecule has 0 aliphatic rings. The Morgan fingerprint density at radius 2 is 2.11 bits per heavy atom. The molecule has 1 aromatic carbocycles. The van der Waals surface area contributed by atoms with Gasteiger partial charge in [0.1, 0.15) is 0 Å². The van der Waals surface area contributed by atoms with Crippen LogP contribution in [0.25, 0.3) is 5.69 Å². The number of tetrazole rings is 1. The molecule has 2 rings (SSSR count). The Morgan fingerprint density at radius 1 is 1.33 bits per heavy atom. The number of benzene rings is 1. The van der Waals surface area contributed by atoms with Gasteiger partial charge in [-0.1, -0.05) is 25.1 Å². The van der Waals surface area contributed by atoms with E-state index in [4.69, 9.17) is 4.74 Å². The first-order valence-electron chi connectivity index (χ1n) is 5.79. The maximum absolute atomic E-state index is 11.3.